The van der Waals surface area contributed by atoms with Crippen LogP contribution in [0.25, 0.3) is 44.8 Å². The molecule has 2 saturated carbocycles. The fraction of sp³-hybridized carbons (Fsp3) is 0.500. The number of carbonyl (C=O) groups excluding carboxylic acids is 2. The first kappa shape index (κ1) is 40.3. The molecule has 5 aromatic rings. The number of nitrogens with one attached hydrogen (secondary N) is 4. The van der Waals surface area contributed by atoms with Gasteiger partial charge in [-0.15, -0.1) is 0 Å². The molecule has 0 aliphatic heterocycles. The van der Waals surface area contributed by atoms with E-state index in [1.165, 1.54) is 0 Å². The number of aromatic nitrogens is 4. The van der Waals surface area contributed by atoms with Crippen molar-refractivity contribution in [1.29, 1.82) is 0 Å². The van der Waals surface area contributed by atoms with E-state index in [0.717, 1.165) is 33.5 Å². The van der Waals surface area contributed by atoms with Crippen LogP contribution in [0, 0.1) is 22.7 Å². The van der Waals surface area contributed by atoms with Crippen LogP contribution in [0.1, 0.15) is 117 Å². The highest BCUT2D eigenvalue weighted by Crippen LogP contribution is 2.40. The molecule has 3 aromatic heterocycles. The van der Waals surface area contributed by atoms with E-state index in [-0.39, 0.29) is 68.6 Å². The van der Waals surface area contributed by atoms with Gasteiger partial charge in [0.2, 0.25) is 23.7 Å². The SMILES string of the molecule is CC(C)(C)C(NC(=O)C1CCC(F)(F)CC1)c1ncc(-c2ccc3cc(-c4ccc(-c5cnc([C@@H](NC(=O)C6CCC(F)(F)CC6)C(C)(C)C)[nH]5)cc4)oc3c2)[nH]1. The lowest BCUT2D eigenvalue weighted by atomic mass is 9.83. The summed E-state index contributed by atoms with van der Waals surface area (Å²) in [4.78, 5) is 42.4. The Kier molecular flexibility index (Phi) is 10.7. The second-order valence-corrected chi connectivity index (χ2v) is 18.2. The zero-order chi connectivity index (χ0) is 40.9. The Hall–Kier alpha value is -4.94. The minimum Gasteiger partial charge on any atom is -0.456 e. The first-order valence-electron chi connectivity index (χ1n) is 19.9. The largest absolute Gasteiger partial charge is 0.456 e. The summed E-state index contributed by atoms with van der Waals surface area (Å²) in [5.41, 5.74) is 4.05. The fourth-order valence-corrected chi connectivity index (χ4v) is 7.93. The van der Waals surface area contributed by atoms with Crippen molar-refractivity contribution >= 4 is 22.8 Å². The monoisotopic (exact) mass is 788 g/mol. The van der Waals surface area contributed by atoms with Gasteiger partial charge >= 0.3 is 0 Å². The van der Waals surface area contributed by atoms with Crippen LogP contribution >= 0.6 is 0 Å². The Labute approximate surface area is 330 Å². The van der Waals surface area contributed by atoms with Crippen molar-refractivity contribution in [3.8, 4) is 33.8 Å². The molecular weight excluding hydrogens is 737 g/mol. The molecule has 2 aliphatic rings. The number of halogens is 4. The van der Waals surface area contributed by atoms with Crippen molar-refractivity contribution in [3.05, 3.63) is 72.6 Å². The molecule has 4 N–H and O–H groups in total. The van der Waals surface area contributed by atoms with Crippen molar-refractivity contribution < 1.29 is 31.6 Å². The average molecular weight is 789 g/mol. The van der Waals surface area contributed by atoms with Crippen LogP contribution in [0.3, 0.4) is 0 Å². The van der Waals surface area contributed by atoms with Crippen LogP contribution < -0.4 is 10.6 Å². The van der Waals surface area contributed by atoms with Gasteiger partial charge < -0.3 is 25.0 Å². The first-order chi connectivity index (χ1) is 26.7. The maximum atomic E-state index is 13.7. The number of rotatable bonds is 9. The number of amides is 2. The molecule has 2 aliphatic carbocycles. The number of H-pyrrole nitrogens is 2. The normalized spacial score (nSPS) is 19.0. The van der Waals surface area contributed by atoms with Gasteiger partial charge in [-0.25, -0.2) is 27.5 Å². The second kappa shape index (κ2) is 15.1. The van der Waals surface area contributed by atoms with Gasteiger partial charge in [0.05, 0.1) is 35.9 Å². The lowest BCUT2D eigenvalue weighted by Gasteiger charge is -2.33. The quantitative estimate of drug-likeness (QED) is 0.111. The summed E-state index contributed by atoms with van der Waals surface area (Å²) in [7, 11) is 0. The van der Waals surface area contributed by atoms with E-state index < -0.39 is 41.2 Å². The third-order valence-electron chi connectivity index (χ3n) is 11.5. The maximum Gasteiger partial charge on any atom is 0.248 e. The molecule has 0 spiro atoms. The van der Waals surface area contributed by atoms with E-state index in [1.54, 1.807) is 12.4 Å². The van der Waals surface area contributed by atoms with Crippen molar-refractivity contribution in [3.63, 3.8) is 0 Å². The van der Waals surface area contributed by atoms with Gasteiger partial charge in [0.25, 0.3) is 0 Å². The number of aromatic amines is 2. The number of hydrogen-bond acceptors (Lipinski definition) is 5. The lowest BCUT2D eigenvalue weighted by Crippen LogP contribution is -2.42. The highest BCUT2D eigenvalue weighted by molar-refractivity contribution is 5.87. The highest BCUT2D eigenvalue weighted by atomic mass is 19.3. The number of nitrogens with zero attached hydrogens (tertiary/aromatic N) is 2. The van der Waals surface area contributed by atoms with Gasteiger partial charge in [-0.1, -0.05) is 77.9 Å². The van der Waals surface area contributed by atoms with Crippen LogP contribution in [0.4, 0.5) is 17.6 Å². The van der Waals surface area contributed by atoms with Crippen LogP contribution in [-0.2, 0) is 9.59 Å². The Morgan fingerprint density at radius 2 is 1.09 bits per heavy atom. The molecule has 2 atom stereocenters. The summed E-state index contributed by atoms with van der Waals surface area (Å²) in [6.07, 6.45) is 3.04. The van der Waals surface area contributed by atoms with Crippen LogP contribution in [0.15, 0.2) is 65.3 Å². The number of benzene rings is 2. The molecule has 57 heavy (non-hydrogen) atoms. The minimum absolute atomic E-state index is 0.164. The van der Waals surface area contributed by atoms with Crippen molar-refractivity contribution in [2.45, 2.75) is 117 Å². The zero-order valence-electron chi connectivity index (χ0n) is 33.4. The number of hydrogen-bond donors (Lipinski definition) is 4. The summed E-state index contributed by atoms with van der Waals surface area (Å²) in [5, 5.41) is 7.11. The van der Waals surface area contributed by atoms with Crippen LogP contribution in [-0.4, -0.2) is 43.6 Å². The molecule has 304 valence electrons. The number of alkyl halides is 4. The molecule has 3 heterocycles. The van der Waals surface area contributed by atoms with Crippen molar-refractivity contribution in [1.82, 2.24) is 30.6 Å². The molecule has 13 heteroatoms. The number of furan rings is 1. The lowest BCUT2D eigenvalue weighted by molar-refractivity contribution is -0.131. The molecule has 0 bridgehead atoms. The van der Waals surface area contributed by atoms with Crippen LogP contribution in [0.2, 0.25) is 0 Å². The van der Waals surface area contributed by atoms with E-state index in [0.29, 0.717) is 23.0 Å². The van der Waals surface area contributed by atoms with E-state index in [1.807, 2.05) is 90.1 Å². The topological polar surface area (TPSA) is 129 Å². The Balaban J connectivity index is 1.03. The molecule has 7 rings (SSSR count). The Morgan fingerprint density at radius 1 is 0.667 bits per heavy atom. The highest BCUT2D eigenvalue weighted by Gasteiger charge is 2.41. The molecule has 2 fully saturated rings. The predicted octanol–water partition coefficient (Wildman–Crippen LogP) is 10.9. The smallest absolute Gasteiger partial charge is 0.248 e. The molecule has 9 nitrogen and oxygen atoms in total. The number of imidazole rings is 2. The summed E-state index contributed by atoms with van der Waals surface area (Å²) >= 11 is 0. The molecule has 1 unspecified atom stereocenters. The fourth-order valence-electron chi connectivity index (χ4n) is 7.93. The maximum absolute atomic E-state index is 13.7. The van der Waals surface area contributed by atoms with E-state index in [4.69, 9.17) is 4.42 Å². The van der Waals surface area contributed by atoms with Gasteiger partial charge in [-0.05, 0) is 54.2 Å². The first-order valence-corrected chi connectivity index (χ1v) is 19.9. The Bertz CT molecular complexity index is 2210. The van der Waals surface area contributed by atoms with E-state index >= 15 is 0 Å². The minimum atomic E-state index is -2.70. The van der Waals surface area contributed by atoms with Gasteiger partial charge in [0, 0.05) is 54.0 Å². The third-order valence-corrected chi connectivity index (χ3v) is 11.5. The molecule has 0 radical (unpaired) electrons. The van der Waals surface area contributed by atoms with Gasteiger partial charge in [-0.3, -0.25) is 9.59 Å². The molecule has 2 aromatic carbocycles. The third kappa shape index (κ3) is 9.12. The summed E-state index contributed by atoms with van der Waals surface area (Å²) in [5.74, 6) is -4.85. The molecular formula is C44H52F4N6O3. The summed E-state index contributed by atoms with van der Waals surface area (Å²) in [6, 6.07) is 14.9. The summed E-state index contributed by atoms with van der Waals surface area (Å²) < 4.78 is 61.2. The number of fused-ring (bicyclic) bond motifs is 1. The number of carbonyl (C=O) groups is 2. The van der Waals surface area contributed by atoms with Crippen molar-refractivity contribution in [2.24, 2.45) is 22.7 Å². The van der Waals surface area contributed by atoms with Gasteiger partial charge in [-0.2, -0.15) is 0 Å². The van der Waals surface area contributed by atoms with E-state index in [9.17, 15) is 27.2 Å². The van der Waals surface area contributed by atoms with Crippen molar-refractivity contribution in [2.75, 3.05) is 0 Å². The zero-order valence-corrected chi connectivity index (χ0v) is 33.4. The molecule has 0 saturated heterocycles. The van der Waals surface area contributed by atoms with E-state index in [2.05, 4.69) is 30.6 Å². The van der Waals surface area contributed by atoms with Gasteiger partial charge in [0.15, 0.2) is 0 Å². The summed E-state index contributed by atoms with van der Waals surface area (Å²) in [6.45, 7) is 12.0. The predicted molar refractivity (Wildman–Crippen MR) is 211 cm³/mol. The van der Waals surface area contributed by atoms with Gasteiger partial charge in [0.1, 0.15) is 23.0 Å². The second-order valence-electron chi connectivity index (χ2n) is 18.2. The van der Waals surface area contributed by atoms with Crippen LogP contribution in [0.5, 0.6) is 0 Å². The average Bonchev–Trinajstić information content (AvgIpc) is 3.92. The standard InChI is InChI=1S/C44H52F4N6O3/c1-41(2,3)35(53-39(55)27-13-17-43(45,46)18-14-27)37-49-23-31(51-37)25-7-9-26(10-8-25)33-22-30-12-11-29(21-34(30)57-33)32-24-50-38(52-32)36(42(4,5)6)54-40(56)28-15-19-44(47,48)20-16-28/h7-12,21-24,27-28,35-36H,13-20H2,1-6H3,(H,49,51)(H,50,52)(H,53,55)(H,54,56)/t35-,36?/m1/s1. The molecule has 2 amide bonds. The Morgan fingerprint density at radius 3 is 1.54 bits per heavy atom.